The summed E-state index contributed by atoms with van der Waals surface area (Å²) in [7, 11) is 0. The van der Waals surface area contributed by atoms with Crippen LogP contribution in [0.1, 0.15) is 37.2 Å². The first-order chi connectivity index (χ1) is 13.6. The van der Waals surface area contributed by atoms with Crippen molar-refractivity contribution in [3.8, 4) is 11.3 Å². The maximum absolute atomic E-state index is 12.6. The Hall–Kier alpha value is -2.34. The number of benzene rings is 2. The fourth-order valence-corrected chi connectivity index (χ4v) is 3.66. The zero-order valence-electron chi connectivity index (χ0n) is 17.0. The topological polar surface area (TPSA) is 72.9 Å². The SMILES string of the molecule is CC(C(=O)Nc1ccc(-c2cn3c(n2)CCCC3)cc1)C(N)c1ccccc1.Cl.Cl. The van der Waals surface area contributed by atoms with Gasteiger partial charge in [-0.2, -0.15) is 0 Å². The van der Waals surface area contributed by atoms with Gasteiger partial charge >= 0.3 is 0 Å². The summed E-state index contributed by atoms with van der Waals surface area (Å²) >= 11 is 0. The van der Waals surface area contributed by atoms with E-state index in [0.29, 0.717) is 0 Å². The number of amides is 1. The Morgan fingerprint density at radius 1 is 1.07 bits per heavy atom. The molecule has 0 aliphatic carbocycles. The Morgan fingerprint density at radius 3 is 2.43 bits per heavy atom. The third-order valence-electron chi connectivity index (χ3n) is 5.49. The predicted molar refractivity (Wildman–Crippen MR) is 126 cm³/mol. The summed E-state index contributed by atoms with van der Waals surface area (Å²) in [5.41, 5.74) is 10.1. The van der Waals surface area contributed by atoms with Crippen molar-refractivity contribution in [2.24, 2.45) is 11.7 Å². The normalized spacial score (nSPS) is 14.5. The molecule has 0 fully saturated rings. The zero-order chi connectivity index (χ0) is 19.5. The minimum absolute atomic E-state index is 0. The van der Waals surface area contributed by atoms with Crippen molar-refractivity contribution < 1.29 is 4.79 Å². The van der Waals surface area contributed by atoms with E-state index in [1.165, 1.54) is 18.7 Å². The second-order valence-electron chi connectivity index (χ2n) is 7.48. The monoisotopic (exact) mass is 446 g/mol. The van der Waals surface area contributed by atoms with Crippen LogP contribution in [-0.2, 0) is 17.8 Å². The highest BCUT2D eigenvalue weighted by atomic mass is 35.5. The molecule has 4 rings (SSSR count). The standard InChI is InChI=1S/C23H26N4O.2ClH/c1-16(22(24)18-7-3-2-4-8-18)23(28)25-19-12-10-17(11-13-19)20-15-27-14-6-5-9-21(27)26-20;;/h2-4,7-8,10-13,15-16,22H,5-6,9,14,24H2,1H3,(H,25,28);2*1H. The average molecular weight is 447 g/mol. The minimum Gasteiger partial charge on any atom is -0.334 e. The van der Waals surface area contributed by atoms with Crippen LogP contribution in [0.5, 0.6) is 0 Å². The lowest BCUT2D eigenvalue weighted by atomic mass is 9.94. The van der Waals surface area contributed by atoms with E-state index in [1.54, 1.807) is 0 Å². The molecule has 3 aromatic rings. The highest BCUT2D eigenvalue weighted by molar-refractivity contribution is 5.93. The molecule has 0 radical (unpaired) electrons. The third kappa shape index (κ3) is 5.22. The van der Waals surface area contributed by atoms with Crippen molar-refractivity contribution in [3.05, 3.63) is 72.2 Å². The van der Waals surface area contributed by atoms with Crippen LogP contribution in [0.4, 0.5) is 5.69 Å². The Bertz CT molecular complexity index is 934. The van der Waals surface area contributed by atoms with E-state index < -0.39 is 0 Å². The van der Waals surface area contributed by atoms with Gasteiger partial charge < -0.3 is 15.6 Å². The molecule has 0 saturated heterocycles. The van der Waals surface area contributed by atoms with Crippen LogP contribution < -0.4 is 11.1 Å². The largest absolute Gasteiger partial charge is 0.334 e. The van der Waals surface area contributed by atoms with E-state index in [4.69, 9.17) is 10.7 Å². The highest BCUT2D eigenvalue weighted by Crippen LogP contribution is 2.25. The summed E-state index contributed by atoms with van der Waals surface area (Å²) in [6.45, 7) is 2.91. The number of nitrogens with two attached hydrogens (primary N) is 1. The molecule has 0 saturated carbocycles. The molecule has 30 heavy (non-hydrogen) atoms. The number of carbonyl (C=O) groups is 1. The Balaban J connectivity index is 0.00000160. The van der Waals surface area contributed by atoms with Crippen LogP contribution >= 0.6 is 24.8 Å². The van der Waals surface area contributed by atoms with E-state index in [9.17, 15) is 4.79 Å². The quantitative estimate of drug-likeness (QED) is 0.578. The van der Waals surface area contributed by atoms with Gasteiger partial charge in [-0.15, -0.1) is 24.8 Å². The first-order valence-electron chi connectivity index (χ1n) is 9.90. The Kier molecular flexibility index (Phi) is 8.47. The zero-order valence-corrected chi connectivity index (χ0v) is 18.6. The van der Waals surface area contributed by atoms with Crippen LogP contribution in [0.25, 0.3) is 11.3 Å². The molecule has 0 bridgehead atoms. The number of carbonyl (C=O) groups excluding carboxylic acids is 1. The van der Waals surface area contributed by atoms with Gasteiger partial charge in [-0.05, 0) is 30.5 Å². The van der Waals surface area contributed by atoms with Crippen molar-refractivity contribution in [2.45, 2.75) is 38.8 Å². The van der Waals surface area contributed by atoms with Gasteiger partial charge in [0.2, 0.25) is 5.91 Å². The van der Waals surface area contributed by atoms with Gasteiger partial charge in [0.15, 0.2) is 0 Å². The molecular formula is C23H28Cl2N4O. The average Bonchev–Trinajstić information content (AvgIpc) is 3.18. The van der Waals surface area contributed by atoms with E-state index in [-0.39, 0.29) is 42.7 Å². The van der Waals surface area contributed by atoms with Crippen molar-refractivity contribution in [1.82, 2.24) is 9.55 Å². The van der Waals surface area contributed by atoms with Gasteiger partial charge in [-0.25, -0.2) is 4.98 Å². The van der Waals surface area contributed by atoms with E-state index in [1.807, 2.05) is 61.5 Å². The summed E-state index contributed by atoms with van der Waals surface area (Å²) in [4.78, 5) is 17.4. The molecule has 1 amide bonds. The maximum Gasteiger partial charge on any atom is 0.229 e. The van der Waals surface area contributed by atoms with Gasteiger partial charge in [0, 0.05) is 36.5 Å². The second-order valence-corrected chi connectivity index (χ2v) is 7.48. The summed E-state index contributed by atoms with van der Waals surface area (Å²) in [5.74, 6) is 0.755. The first-order valence-corrected chi connectivity index (χ1v) is 9.90. The molecule has 0 spiro atoms. The van der Waals surface area contributed by atoms with Gasteiger partial charge in [0.1, 0.15) is 5.82 Å². The van der Waals surface area contributed by atoms with Crippen LogP contribution in [0, 0.1) is 5.92 Å². The Morgan fingerprint density at radius 2 is 1.77 bits per heavy atom. The van der Waals surface area contributed by atoms with Crippen LogP contribution in [0.15, 0.2) is 60.8 Å². The summed E-state index contributed by atoms with van der Waals surface area (Å²) in [6, 6.07) is 17.2. The van der Waals surface area contributed by atoms with Gasteiger partial charge in [-0.1, -0.05) is 49.4 Å². The molecule has 1 aliphatic rings. The molecule has 1 aliphatic heterocycles. The number of aromatic nitrogens is 2. The Labute approximate surface area is 189 Å². The van der Waals surface area contributed by atoms with Crippen LogP contribution in [0.3, 0.4) is 0 Å². The molecule has 7 heteroatoms. The lowest BCUT2D eigenvalue weighted by Gasteiger charge is -2.20. The van der Waals surface area contributed by atoms with E-state index in [2.05, 4.69) is 16.1 Å². The number of imidazole rings is 1. The van der Waals surface area contributed by atoms with Gasteiger partial charge in [-0.3, -0.25) is 4.79 Å². The van der Waals surface area contributed by atoms with Crippen LogP contribution in [0.2, 0.25) is 0 Å². The highest BCUT2D eigenvalue weighted by Gasteiger charge is 2.22. The fraction of sp³-hybridized carbons (Fsp3) is 0.304. The number of nitrogens with one attached hydrogen (secondary N) is 1. The van der Waals surface area contributed by atoms with E-state index in [0.717, 1.165) is 35.5 Å². The van der Waals surface area contributed by atoms with E-state index >= 15 is 0 Å². The van der Waals surface area contributed by atoms with Crippen molar-refractivity contribution in [1.29, 1.82) is 0 Å². The van der Waals surface area contributed by atoms with Crippen molar-refractivity contribution in [2.75, 3.05) is 5.32 Å². The maximum atomic E-state index is 12.6. The van der Waals surface area contributed by atoms with Crippen molar-refractivity contribution >= 4 is 36.4 Å². The smallest absolute Gasteiger partial charge is 0.229 e. The number of halogens is 2. The van der Waals surface area contributed by atoms with Crippen molar-refractivity contribution in [3.63, 3.8) is 0 Å². The molecule has 5 nitrogen and oxygen atoms in total. The summed E-state index contributed by atoms with van der Waals surface area (Å²) in [5, 5.41) is 2.98. The molecule has 160 valence electrons. The van der Waals surface area contributed by atoms with Gasteiger partial charge in [0.05, 0.1) is 11.6 Å². The molecule has 2 heterocycles. The molecule has 1 aromatic heterocycles. The lowest BCUT2D eigenvalue weighted by Crippen LogP contribution is -2.30. The second kappa shape index (κ2) is 10.6. The molecule has 3 N–H and O–H groups in total. The predicted octanol–water partition coefficient (Wildman–Crippen LogP) is 5.00. The fourth-order valence-electron chi connectivity index (χ4n) is 3.66. The number of fused-ring (bicyclic) bond motifs is 1. The first kappa shape index (κ1) is 23.9. The third-order valence-corrected chi connectivity index (χ3v) is 5.49. The number of hydrogen-bond acceptors (Lipinski definition) is 3. The summed E-state index contributed by atoms with van der Waals surface area (Å²) < 4.78 is 2.25. The number of hydrogen-bond donors (Lipinski definition) is 2. The minimum atomic E-state index is -0.336. The van der Waals surface area contributed by atoms with Gasteiger partial charge in [0.25, 0.3) is 0 Å². The molecular weight excluding hydrogens is 419 g/mol. The molecule has 2 unspecified atom stereocenters. The number of rotatable bonds is 5. The summed E-state index contributed by atoms with van der Waals surface area (Å²) in [6.07, 6.45) is 5.61. The molecule has 2 atom stereocenters. The number of nitrogens with zero attached hydrogens (tertiary/aromatic N) is 2. The van der Waals surface area contributed by atoms with Crippen LogP contribution in [-0.4, -0.2) is 15.5 Å². The number of aryl methyl sites for hydroxylation is 2. The lowest BCUT2D eigenvalue weighted by molar-refractivity contribution is -0.120. The molecule has 2 aromatic carbocycles. The number of anilines is 1.